The molecule has 14 heteroatoms. The minimum Gasteiger partial charge on any atom is -0.462 e. The number of aromatic nitrogens is 2. The monoisotopic (exact) mass is 860 g/mol. The third-order valence-electron chi connectivity index (χ3n) is 11.2. The van der Waals surface area contributed by atoms with Crippen molar-refractivity contribution in [2.75, 3.05) is 40.4 Å². The minimum absolute atomic E-state index is 0.0521. The highest BCUT2D eigenvalue weighted by Crippen LogP contribution is 2.34. The lowest BCUT2D eigenvalue weighted by atomic mass is 10.0. The van der Waals surface area contributed by atoms with Gasteiger partial charge in [0, 0.05) is 44.0 Å². The highest BCUT2D eigenvalue weighted by Gasteiger charge is 2.48. The van der Waals surface area contributed by atoms with Crippen molar-refractivity contribution in [3.63, 3.8) is 0 Å². The van der Waals surface area contributed by atoms with E-state index in [1.165, 1.54) is 87.3 Å². The lowest BCUT2D eigenvalue weighted by molar-refractivity contribution is -0.150. The van der Waals surface area contributed by atoms with E-state index in [0.29, 0.717) is 26.1 Å². The van der Waals surface area contributed by atoms with Crippen LogP contribution in [0.3, 0.4) is 0 Å². The zero-order valence-electron chi connectivity index (χ0n) is 39.2. The molecule has 2 unspecified atom stereocenters. The number of aliphatic imine (C=N–C) groups is 1. The highest BCUT2D eigenvalue weighted by molar-refractivity contribution is 6.30. The minimum atomic E-state index is -0.877. The van der Waals surface area contributed by atoms with Crippen molar-refractivity contribution >= 4 is 17.9 Å². The van der Waals surface area contributed by atoms with Gasteiger partial charge in [-0.05, 0) is 73.4 Å². The molecule has 0 saturated carbocycles. The maximum absolute atomic E-state index is 14.0. The molecule has 0 aliphatic carbocycles. The second-order valence-electron chi connectivity index (χ2n) is 17.3. The summed E-state index contributed by atoms with van der Waals surface area (Å²) in [5, 5.41) is 3.83. The molecule has 14 nitrogen and oxygen atoms in total. The van der Waals surface area contributed by atoms with Gasteiger partial charge in [0.25, 0.3) is 5.56 Å². The Morgan fingerprint density at radius 1 is 0.902 bits per heavy atom. The molecule has 2 heterocycles. The summed E-state index contributed by atoms with van der Waals surface area (Å²) >= 11 is 0. The number of carbonyl (C=O) groups excluding carboxylic acids is 1. The number of hydrazone groups is 1. The molecule has 0 bridgehead atoms. The molecule has 1 aromatic rings. The third kappa shape index (κ3) is 22.1. The third-order valence-corrected chi connectivity index (χ3v) is 11.2. The van der Waals surface area contributed by atoms with Crippen LogP contribution in [0.1, 0.15) is 169 Å². The SMILES string of the molecule is C/C=C(\C)CO[C@@H]1[C@@H](CN(C)C)OC(n2ccc(=O)n(C/C(C=NCCCCCCCC(=O)OC(CCCCCCCC)CCCCCCCC)=N/N)c2=O)[C@@H]1OCC(C)N. The van der Waals surface area contributed by atoms with Crippen LogP contribution in [0.5, 0.6) is 0 Å². The molecular weight excluding hydrogens is 775 g/mol. The van der Waals surface area contributed by atoms with Gasteiger partial charge in [-0.25, -0.2) is 4.79 Å². The average molecular weight is 860 g/mol. The molecule has 350 valence electrons. The number of allylic oxidation sites excluding steroid dienone is 1. The first-order chi connectivity index (χ1) is 29.4. The van der Waals surface area contributed by atoms with Gasteiger partial charge in [-0.1, -0.05) is 109 Å². The van der Waals surface area contributed by atoms with Crippen LogP contribution in [-0.4, -0.2) is 103 Å². The van der Waals surface area contributed by atoms with E-state index >= 15 is 0 Å². The molecule has 0 radical (unpaired) electrons. The van der Waals surface area contributed by atoms with E-state index in [4.69, 9.17) is 30.5 Å². The second kappa shape index (κ2) is 32.5. The Morgan fingerprint density at radius 3 is 2.10 bits per heavy atom. The smallest absolute Gasteiger partial charge is 0.333 e. The number of nitrogens with zero attached hydrogens (tertiary/aromatic N) is 5. The standard InChI is InChI=1S/C47H85N7O7/c1-8-11-13-15-18-22-26-40(27-23-19-16-14-12-9-2)60-43(56)28-24-20-17-21-25-30-50-32-39(51-49)33-54-42(55)29-31-53(47(54)57)46-45(59-36-38(5)48)44(58-35-37(4)10-3)41(61-46)34-52(6)7/h10,29,31-32,38,40-41,44-46H,8-9,11-28,30,33-36,48-49H2,1-7H3/b37-10+,50-32?,51-39+/t38?,41-,44-,45-,46?/m1/s1. The Balaban J connectivity index is 1.91. The van der Waals surface area contributed by atoms with Gasteiger partial charge < -0.3 is 35.4 Å². The summed E-state index contributed by atoms with van der Waals surface area (Å²) in [4.78, 5) is 46.3. The largest absolute Gasteiger partial charge is 0.462 e. The van der Waals surface area contributed by atoms with E-state index in [1.807, 2.05) is 45.8 Å². The fourth-order valence-corrected chi connectivity index (χ4v) is 7.52. The van der Waals surface area contributed by atoms with Crippen molar-refractivity contribution in [2.45, 2.75) is 206 Å². The average Bonchev–Trinajstić information content (AvgIpc) is 3.56. The number of carbonyl (C=O) groups is 1. The van der Waals surface area contributed by atoms with Crippen LogP contribution in [0.4, 0.5) is 0 Å². The zero-order chi connectivity index (χ0) is 44.8. The first-order valence-electron chi connectivity index (χ1n) is 23.6. The topological polar surface area (TPSA) is 178 Å². The molecule has 5 atom stereocenters. The summed E-state index contributed by atoms with van der Waals surface area (Å²) in [6, 6.07) is 1.07. The Hall–Kier alpha value is -3.17. The predicted molar refractivity (Wildman–Crippen MR) is 249 cm³/mol. The Morgan fingerprint density at radius 2 is 1.51 bits per heavy atom. The van der Waals surface area contributed by atoms with Crippen molar-refractivity contribution in [3.8, 4) is 0 Å². The van der Waals surface area contributed by atoms with Gasteiger partial charge in [-0.15, -0.1) is 0 Å². The van der Waals surface area contributed by atoms with Crippen molar-refractivity contribution < 1.29 is 23.7 Å². The summed E-state index contributed by atoms with van der Waals surface area (Å²) in [5.41, 5.74) is 6.31. The summed E-state index contributed by atoms with van der Waals surface area (Å²) < 4.78 is 27.6. The van der Waals surface area contributed by atoms with Crippen LogP contribution in [0.2, 0.25) is 0 Å². The highest BCUT2D eigenvalue weighted by atomic mass is 16.6. The molecule has 2 rings (SSSR count). The summed E-state index contributed by atoms with van der Waals surface area (Å²) in [5.74, 6) is 5.66. The van der Waals surface area contributed by atoms with E-state index < -0.39 is 35.8 Å². The van der Waals surface area contributed by atoms with Gasteiger partial charge in [0.1, 0.15) is 24.4 Å². The fraction of sp³-hybridized carbons (Fsp3) is 0.809. The van der Waals surface area contributed by atoms with Gasteiger partial charge in [-0.2, -0.15) is 5.10 Å². The normalized spacial score (nSPS) is 19.2. The van der Waals surface area contributed by atoms with Crippen molar-refractivity contribution in [3.05, 3.63) is 44.8 Å². The van der Waals surface area contributed by atoms with E-state index in [1.54, 1.807) is 0 Å². The molecule has 0 aromatic carbocycles. The molecule has 0 amide bonds. The number of hydrogen-bond acceptors (Lipinski definition) is 12. The lowest BCUT2D eigenvalue weighted by Crippen LogP contribution is -2.46. The molecule has 1 fully saturated rings. The Kier molecular flexibility index (Phi) is 28.7. The summed E-state index contributed by atoms with van der Waals surface area (Å²) in [7, 11) is 3.88. The summed E-state index contributed by atoms with van der Waals surface area (Å²) in [6.45, 7) is 11.8. The quantitative estimate of drug-likeness (QED) is 0.0172. The predicted octanol–water partition coefficient (Wildman–Crippen LogP) is 7.69. The first-order valence-corrected chi connectivity index (χ1v) is 23.6. The molecule has 1 aliphatic heterocycles. The lowest BCUT2D eigenvalue weighted by Gasteiger charge is -2.27. The van der Waals surface area contributed by atoms with E-state index in [9.17, 15) is 14.4 Å². The van der Waals surface area contributed by atoms with Crippen LogP contribution in [0.15, 0.2) is 43.6 Å². The van der Waals surface area contributed by atoms with Crippen molar-refractivity contribution in [1.29, 1.82) is 0 Å². The zero-order valence-corrected chi connectivity index (χ0v) is 39.2. The van der Waals surface area contributed by atoms with E-state index in [2.05, 4.69) is 23.9 Å². The molecule has 4 N–H and O–H groups in total. The van der Waals surface area contributed by atoms with Gasteiger partial charge >= 0.3 is 11.7 Å². The van der Waals surface area contributed by atoms with Crippen LogP contribution >= 0.6 is 0 Å². The van der Waals surface area contributed by atoms with Gasteiger partial charge in [0.15, 0.2) is 6.23 Å². The maximum atomic E-state index is 14.0. The number of nitrogens with two attached hydrogens (primary N) is 2. The molecule has 1 aromatic heterocycles. The molecule has 61 heavy (non-hydrogen) atoms. The molecule has 1 aliphatic rings. The molecular formula is C47H85N7O7. The van der Waals surface area contributed by atoms with Crippen LogP contribution in [-0.2, 0) is 30.3 Å². The van der Waals surface area contributed by atoms with Crippen molar-refractivity contribution in [1.82, 2.24) is 14.0 Å². The van der Waals surface area contributed by atoms with Crippen LogP contribution in [0.25, 0.3) is 0 Å². The number of hydrogen-bond donors (Lipinski definition) is 2. The van der Waals surface area contributed by atoms with Crippen molar-refractivity contribution in [2.24, 2.45) is 21.7 Å². The van der Waals surface area contributed by atoms with Gasteiger partial charge in [0.2, 0.25) is 0 Å². The Labute approximate surface area is 367 Å². The molecule has 0 spiro atoms. The second-order valence-corrected chi connectivity index (χ2v) is 17.3. The molecule has 1 saturated heterocycles. The van der Waals surface area contributed by atoms with E-state index in [0.717, 1.165) is 67.9 Å². The number of likely N-dealkylation sites (N-methyl/N-ethyl adjacent to an activating group) is 1. The van der Waals surface area contributed by atoms with Gasteiger partial charge in [0.05, 0.1) is 25.5 Å². The number of rotatable bonds is 35. The number of esters is 1. The number of unbranched alkanes of at least 4 members (excludes halogenated alkanes) is 14. The number of ether oxygens (including phenoxy) is 4. The first kappa shape index (κ1) is 54.0. The van der Waals surface area contributed by atoms with Crippen LogP contribution in [0, 0.1) is 0 Å². The fourth-order valence-electron chi connectivity index (χ4n) is 7.52. The Bertz CT molecular complexity index is 1520. The van der Waals surface area contributed by atoms with E-state index in [-0.39, 0.29) is 37.0 Å². The van der Waals surface area contributed by atoms with Gasteiger partial charge in [-0.3, -0.25) is 23.7 Å². The maximum Gasteiger partial charge on any atom is 0.333 e. The van der Waals surface area contributed by atoms with Crippen LogP contribution < -0.4 is 22.8 Å². The summed E-state index contributed by atoms with van der Waals surface area (Å²) in [6.07, 6.45) is 24.5.